The predicted octanol–water partition coefficient (Wildman–Crippen LogP) is 0.591. The average molecular weight is 153 g/mol. The van der Waals surface area contributed by atoms with Crippen LogP contribution in [0.1, 0.15) is 0 Å². The molecule has 0 saturated heterocycles. The van der Waals surface area contributed by atoms with Crippen molar-refractivity contribution in [1.29, 1.82) is 0 Å². The van der Waals surface area contributed by atoms with Gasteiger partial charge in [-0.1, -0.05) is 0 Å². The van der Waals surface area contributed by atoms with Gasteiger partial charge in [0.1, 0.15) is 12.1 Å². The first-order valence-corrected chi connectivity index (χ1v) is 2.94. The quantitative estimate of drug-likeness (QED) is 0.641. The lowest BCUT2D eigenvalue weighted by atomic mass is 10.5. The van der Waals surface area contributed by atoms with E-state index in [2.05, 4.69) is 9.97 Å². The molecule has 0 aliphatic rings. The zero-order valence-electron chi connectivity index (χ0n) is 5.93. The van der Waals surface area contributed by atoms with Crippen LogP contribution in [0, 0.1) is 0 Å². The van der Waals surface area contributed by atoms with Crippen molar-refractivity contribution in [2.75, 3.05) is 11.9 Å². The van der Waals surface area contributed by atoms with Crippen LogP contribution in [0.4, 0.5) is 10.6 Å². The van der Waals surface area contributed by atoms with Crippen molar-refractivity contribution < 1.29 is 9.90 Å². The highest BCUT2D eigenvalue weighted by Crippen LogP contribution is 2.04. The largest absolute Gasteiger partial charge is 0.465 e. The second-order valence-electron chi connectivity index (χ2n) is 1.91. The molecule has 5 heteroatoms. The summed E-state index contributed by atoms with van der Waals surface area (Å²) in [5.74, 6) is 0.368. The van der Waals surface area contributed by atoms with Gasteiger partial charge < -0.3 is 5.11 Å². The van der Waals surface area contributed by atoms with Gasteiger partial charge in [-0.15, -0.1) is 0 Å². The molecule has 1 N–H and O–H groups in total. The Bertz CT molecular complexity index is 249. The van der Waals surface area contributed by atoms with Gasteiger partial charge in [-0.25, -0.2) is 14.8 Å². The van der Waals surface area contributed by atoms with Crippen molar-refractivity contribution in [3.05, 3.63) is 18.6 Å². The van der Waals surface area contributed by atoms with E-state index >= 15 is 0 Å². The van der Waals surface area contributed by atoms with Crippen LogP contribution in [0.25, 0.3) is 0 Å². The molecule has 0 saturated carbocycles. The van der Waals surface area contributed by atoms with Gasteiger partial charge in [-0.3, -0.25) is 4.90 Å². The zero-order valence-corrected chi connectivity index (χ0v) is 5.93. The summed E-state index contributed by atoms with van der Waals surface area (Å²) in [6.07, 6.45) is 1.75. The van der Waals surface area contributed by atoms with Gasteiger partial charge in [0, 0.05) is 13.2 Å². The van der Waals surface area contributed by atoms with Crippen LogP contribution in [0.3, 0.4) is 0 Å². The minimum Gasteiger partial charge on any atom is -0.465 e. The van der Waals surface area contributed by atoms with Gasteiger partial charge in [0.15, 0.2) is 0 Å². The number of aromatic nitrogens is 2. The van der Waals surface area contributed by atoms with Crippen LogP contribution in [-0.2, 0) is 0 Å². The number of rotatable bonds is 1. The summed E-state index contributed by atoms with van der Waals surface area (Å²) in [7, 11) is 1.42. The van der Waals surface area contributed by atoms with Crippen LogP contribution in [-0.4, -0.2) is 28.2 Å². The second kappa shape index (κ2) is 2.96. The Kier molecular flexibility index (Phi) is 2.00. The Balaban J connectivity index is 2.85. The maximum Gasteiger partial charge on any atom is 0.412 e. The number of amides is 1. The van der Waals surface area contributed by atoms with E-state index in [0.717, 1.165) is 4.90 Å². The third kappa shape index (κ3) is 1.64. The van der Waals surface area contributed by atoms with Gasteiger partial charge in [0.05, 0.1) is 0 Å². The average Bonchev–Trinajstić information content (AvgIpc) is 2.05. The third-order valence-corrected chi connectivity index (χ3v) is 1.20. The van der Waals surface area contributed by atoms with E-state index in [1.165, 1.54) is 25.6 Å². The first-order chi connectivity index (χ1) is 5.22. The highest BCUT2D eigenvalue weighted by molar-refractivity contribution is 5.83. The molecule has 0 radical (unpaired) electrons. The third-order valence-electron chi connectivity index (χ3n) is 1.20. The lowest BCUT2D eigenvalue weighted by Crippen LogP contribution is -2.24. The second-order valence-corrected chi connectivity index (χ2v) is 1.91. The van der Waals surface area contributed by atoms with Crippen LogP contribution in [0.2, 0.25) is 0 Å². The molecule has 58 valence electrons. The summed E-state index contributed by atoms with van der Waals surface area (Å²) in [6.45, 7) is 0. The van der Waals surface area contributed by atoms with Crippen molar-refractivity contribution >= 4 is 11.9 Å². The van der Waals surface area contributed by atoms with Crippen LogP contribution in [0.15, 0.2) is 18.6 Å². The topological polar surface area (TPSA) is 66.3 Å². The molecule has 1 amide bonds. The Labute approximate surface area is 63.3 Å². The van der Waals surface area contributed by atoms with Gasteiger partial charge in [0.25, 0.3) is 0 Å². The number of carbonyl (C=O) groups is 1. The van der Waals surface area contributed by atoms with E-state index in [-0.39, 0.29) is 0 Å². The molecule has 0 bridgehead atoms. The smallest absolute Gasteiger partial charge is 0.412 e. The zero-order chi connectivity index (χ0) is 8.27. The molecule has 5 nitrogen and oxygen atoms in total. The number of anilines is 1. The predicted molar refractivity (Wildman–Crippen MR) is 38.5 cm³/mol. The minimum absolute atomic E-state index is 0.368. The SMILES string of the molecule is CN(C(=O)O)c1ccncn1. The monoisotopic (exact) mass is 153 g/mol. The lowest BCUT2D eigenvalue weighted by molar-refractivity contribution is 0.203. The van der Waals surface area contributed by atoms with Crippen molar-refractivity contribution in [2.24, 2.45) is 0 Å². The van der Waals surface area contributed by atoms with Crippen LogP contribution < -0.4 is 4.90 Å². The van der Waals surface area contributed by atoms with E-state index in [4.69, 9.17) is 5.11 Å². The fourth-order valence-corrected chi connectivity index (χ4v) is 0.580. The molecule has 11 heavy (non-hydrogen) atoms. The molecule has 0 aliphatic carbocycles. The Morgan fingerprint density at radius 2 is 2.45 bits per heavy atom. The van der Waals surface area contributed by atoms with Gasteiger partial charge in [-0.05, 0) is 6.07 Å². The van der Waals surface area contributed by atoms with Crippen molar-refractivity contribution in [2.45, 2.75) is 0 Å². The minimum atomic E-state index is -1.04. The van der Waals surface area contributed by atoms with Gasteiger partial charge >= 0.3 is 6.09 Å². The molecule has 0 aromatic carbocycles. The highest BCUT2D eigenvalue weighted by Gasteiger charge is 2.07. The standard InChI is InChI=1S/C6H7N3O2/c1-9(6(10)11)5-2-3-7-4-8-5/h2-4H,1H3,(H,10,11). The van der Waals surface area contributed by atoms with Gasteiger partial charge in [-0.2, -0.15) is 0 Å². The highest BCUT2D eigenvalue weighted by atomic mass is 16.4. The summed E-state index contributed by atoms with van der Waals surface area (Å²) in [5.41, 5.74) is 0. The van der Waals surface area contributed by atoms with Crippen LogP contribution >= 0.6 is 0 Å². The van der Waals surface area contributed by atoms with E-state index in [0.29, 0.717) is 5.82 Å². The number of carboxylic acid groups (broad SMARTS) is 1. The van der Waals surface area contributed by atoms with E-state index in [1.54, 1.807) is 0 Å². The van der Waals surface area contributed by atoms with E-state index in [9.17, 15) is 4.79 Å². The number of hydrogen-bond donors (Lipinski definition) is 1. The first-order valence-electron chi connectivity index (χ1n) is 2.94. The molecule has 1 heterocycles. The summed E-state index contributed by atoms with van der Waals surface area (Å²) in [4.78, 5) is 18.8. The van der Waals surface area contributed by atoms with Gasteiger partial charge in [0.2, 0.25) is 0 Å². The molecule has 1 rings (SSSR count). The molecular formula is C6H7N3O2. The normalized spacial score (nSPS) is 9.18. The molecule has 0 fully saturated rings. The van der Waals surface area contributed by atoms with Crippen LogP contribution in [0.5, 0.6) is 0 Å². The maximum atomic E-state index is 10.4. The van der Waals surface area contributed by atoms with Crippen molar-refractivity contribution in [3.8, 4) is 0 Å². The first kappa shape index (κ1) is 7.46. The summed E-state index contributed by atoms with van der Waals surface area (Å²) < 4.78 is 0. The molecule has 0 spiro atoms. The molecular weight excluding hydrogens is 146 g/mol. The van der Waals surface area contributed by atoms with E-state index < -0.39 is 6.09 Å². The Morgan fingerprint density at radius 3 is 2.91 bits per heavy atom. The lowest BCUT2D eigenvalue weighted by Gasteiger charge is -2.09. The maximum absolute atomic E-state index is 10.4. The summed E-state index contributed by atoms with van der Waals surface area (Å²) in [6, 6.07) is 1.52. The fourth-order valence-electron chi connectivity index (χ4n) is 0.580. The van der Waals surface area contributed by atoms with E-state index in [1.807, 2.05) is 0 Å². The Morgan fingerprint density at radius 1 is 1.73 bits per heavy atom. The number of hydrogen-bond acceptors (Lipinski definition) is 3. The molecule has 0 atom stereocenters. The molecule has 1 aromatic heterocycles. The molecule has 0 unspecified atom stereocenters. The summed E-state index contributed by atoms with van der Waals surface area (Å²) >= 11 is 0. The Hall–Kier alpha value is -1.65. The number of nitrogens with zero attached hydrogens (tertiary/aromatic N) is 3. The van der Waals surface area contributed by atoms with Crippen molar-refractivity contribution in [3.63, 3.8) is 0 Å². The molecule has 1 aromatic rings. The van der Waals surface area contributed by atoms with Crippen molar-refractivity contribution in [1.82, 2.24) is 9.97 Å². The summed E-state index contributed by atoms with van der Waals surface area (Å²) in [5, 5.41) is 8.50. The fraction of sp³-hybridized carbons (Fsp3) is 0.167. The molecule has 0 aliphatic heterocycles.